The van der Waals surface area contributed by atoms with Crippen LogP contribution >= 0.6 is 39.7 Å². The summed E-state index contributed by atoms with van der Waals surface area (Å²) >= 11 is 14.7. The second-order valence-corrected chi connectivity index (χ2v) is 6.29. The van der Waals surface area contributed by atoms with E-state index in [9.17, 15) is 0 Å². The van der Waals surface area contributed by atoms with Crippen LogP contribution in [0.1, 0.15) is 5.56 Å². The van der Waals surface area contributed by atoms with Gasteiger partial charge in [0.15, 0.2) is 16.6 Å². The van der Waals surface area contributed by atoms with E-state index >= 15 is 0 Å². The number of hydrogen-bond donors (Lipinski definition) is 2. The molecule has 0 aromatic heterocycles. The zero-order valence-corrected chi connectivity index (χ0v) is 14.5. The summed E-state index contributed by atoms with van der Waals surface area (Å²) in [4.78, 5) is 0. The molecule has 4 nitrogen and oxygen atoms in total. The normalized spacial score (nSPS) is 12.1. The first-order valence-corrected chi connectivity index (χ1v) is 8.08. The average molecular weight is 400 g/mol. The van der Waals surface area contributed by atoms with E-state index in [2.05, 4.69) is 26.6 Å². The second kappa shape index (κ2) is 6.73. The highest BCUT2D eigenvalue weighted by molar-refractivity contribution is 9.10. The molecule has 1 heterocycles. The van der Waals surface area contributed by atoms with Crippen molar-refractivity contribution >= 4 is 50.5 Å². The van der Waals surface area contributed by atoms with Crippen molar-refractivity contribution < 1.29 is 9.47 Å². The van der Waals surface area contributed by atoms with Crippen molar-refractivity contribution in [1.82, 2.24) is 5.32 Å². The molecule has 1 aliphatic heterocycles. The fourth-order valence-electron chi connectivity index (χ4n) is 1.98. The molecule has 2 aromatic rings. The lowest BCUT2D eigenvalue weighted by Gasteiger charge is -2.11. The molecule has 114 valence electrons. The lowest BCUT2D eigenvalue weighted by atomic mass is 10.2. The molecule has 0 radical (unpaired) electrons. The minimum atomic E-state index is 0.274. The molecule has 0 bridgehead atoms. The van der Waals surface area contributed by atoms with Crippen molar-refractivity contribution in [2.75, 3.05) is 12.1 Å². The fourth-order valence-corrected chi connectivity index (χ4v) is 2.60. The maximum absolute atomic E-state index is 6.05. The van der Waals surface area contributed by atoms with Gasteiger partial charge in [0.2, 0.25) is 6.79 Å². The van der Waals surface area contributed by atoms with Crippen LogP contribution in [0.4, 0.5) is 5.69 Å². The Balaban J connectivity index is 1.57. The third-order valence-corrected chi connectivity index (χ3v) is 4.55. The van der Waals surface area contributed by atoms with E-state index in [0.29, 0.717) is 16.7 Å². The number of nitrogens with one attached hydrogen (secondary N) is 2. The van der Waals surface area contributed by atoms with Crippen molar-refractivity contribution in [1.29, 1.82) is 0 Å². The summed E-state index contributed by atoms with van der Waals surface area (Å²) in [5, 5.41) is 7.39. The van der Waals surface area contributed by atoms with Crippen LogP contribution in [0.15, 0.2) is 40.9 Å². The van der Waals surface area contributed by atoms with Crippen LogP contribution in [0.2, 0.25) is 5.02 Å². The van der Waals surface area contributed by atoms with Crippen LogP contribution in [-0.2, 0) is 6.54 Å². The highest BCUT2D eigenvalue weighted by atomic mass is 79.9. The van der Waals surface area contributed by atoms with Gasteiger partial charge in [0.1, 0.15) is 0 Å². The SMILES string of the molecule is S=C(NCc1ccc2c(c1)OCO2)Nc1ccc(Br)c(Cl)c1. The Morgan fingerprint density at radius 3 is 2.82 bits per heavy atom. The summed E-state index contributed by atoms with van der Waals surface area (Å²) < 4.78 is 11.5. The maximum Gasteiger partial charge on any atom is 0.231 e. The smallest absolute Gasteiger partial charge is 0.231 e. The molecule has 22 heavy (non-hydrogen) atoms. The lowest BCUT2D eigenvalue weighted by molar-refractivity contribution is 0.174. The molecule has 7 heteroatoms. The number of rotatable bonds is 3. The standard InChI is InChI=1S/C15H12BrClN2O2S/c16-11-3-2-10(6-12(11)17)19-15(22)18-7-9-1-4-13-14(5-9)21-8-20-13/h1-6H,7-8H2,(H2,18,19,22). The molecular weight excluding hydrogens is 388 g/mol. The van der Waals surface area contributed by atoms with Crippen molar-refractivity contribution in [3.8, 4) is 11.5 Å². The van der Waals surface area contributed by atoms with Gasteiger partial charge < -0.3 is 20.1 Å². The molecule has 0 unspecified atom stereocenters. The highest BCUT2D eigenvalue weighted by Crippen LogP contribution is 2.32. The third kappa shape index (κ3) is 3.63. The Bertz CT molecular complexity index is 727. The van der Waals surface area contributed by atoms with Crippen molar-refractivity contribution in [3.63, 3.8) is 0 Å². The molecule has 2 aromatic carbocycles. The van der Waals surface area contributed by atoms with Gasteiger partial charge in [-0.3, -0.25) is 0 Å². The summed E-state index contributed by atoms with van der Waals surface area (Å²) in [5.41, 5.74) is 1.89. The first-order valence-electron chi connectivity index (χ1n) is 6.50. The number of thiocarbonyl (C=S) groups is 1. The van der Waals surface area contributed by atoms with Crippen LogP contribution in [0.3, 0.4) is 0 Å². The molecule has 1 aliphatic rings. The molecular formula is C15H12BrClN2O2S. The van der Waals surface area contributed by atoms with E-state index in [1.807, 2.05) is 30.3 Å². The predicted octanol–water partition coefficient (Wildman–Crippen LogP) is 4.32. The van der Waals surface area contributed by atoms with Gasteiger partial charge in [-0.05, 0) is 64.0 Å². The lowest BCUT2D eigenvalue weighted by Crippen LogP contribution is -2.27. The molecule has 0 atom stereocenters. The van der Waals surface area contributed by atoms with Crippen LogP contribution in [0, 0.1) is 0 Å². The first-order chi connectivity index (χ1) is 10.6. The Labute approximate surface area is 146 Å². The molecule has 0 aliphatic carbocycles. The van der Waals surface area contributed by atoms with Gasteiger partial charge in [-0.2, -0.15) is 0 Å². The van der Waals surface area contributed by atoms with Crippen LogP contribution in [-0.4, -0.2) is 11.9 Å². The van der Waals surface area contributed by atoms with Gasteiger partial charge in [-0.15, -0.1) is 0 Å². The van der Waals surface area contributed by atoms with E-state index in [0.717, 1.165) is 27.2 Å². The summed E-state index contributed by atoms with van der Waals surface area (Å²) in [7, 11) is 0. The summed E-state index contributed by atoms with van der Waals surface area (Å²) in [6.45, 7) is 0.864. The minimum absolute atomic E-state index is 0.274. The van der Waals surface area contributed by atoms with Gasteiger partial charge in [0.25, 0.3) is 0 Å². The summed E-state index contributed by atoms with van der Waals surface area (Å²) in [5.74, 6) is 1.53. The van der Waals surface area contributed by atoms with E-state index in [-0.39, 0.29) is 6.79 Å². The Kier molecular flexibility index (Phi) is 4.71. The Morgan fingerprint density at radius 1 is 1.18 bits per heavy atom. The molecule has 2 N–H and O–H groups in total. The zero-order chi connectivity index (χ0) is 15.5. The van der Waals surface area contributed by atoms with E-state index in [4.69, 9.17) is 33.3 Å². The number of fused-ring (bicyclic) bond motifs is 1. The minimum Gasteiger partial charge on any atom is -0.454 e. The summed E-state index contributed by atoms with van der Waals surface area (Å²) in [6.07, 6.45) is 0. The van der Waals surface area contributed by atoms with Crippen molar-refractivity contribution in [3.05, 3.63) is 51.5 Å². The largest absolute Gasteiger partial charge is 0.454 e. The topological polar surface area (TPSA) is 42.5 Å². The van der Waals surface area contributed by atoms with Crippen molar-refractivity contribution in [2.24, 2.45) is 0 Å². The number of hydrogen-bond acceptors (Lipinski definition) is 3. The van der Waals surface area contributed by atoms with Crippen LogP contribution < -0.4 is 20.1 Å². The van der Waals surface area contributed by atoms with Gasteiger partial charge in [0, 0.05) is 16.7 Å². The number of ether oxygens (including phenoxy) is 2. The van der Waals surface area contributed by atoms with Gasteiger partial charge >= 0.3 is 0 Å². The highest BCUT2D eigenvalue weighted by Gasteiger charge is 2.13. The summed E-state index contributed by atoms with van der Waals surface area (Å²) in [6, 6.07) is 11.4. The monoisotopic (exact) mass is 398 g/mol. The van der Waals surface area contributed by atoms with Gasteiger partial charge in [0.05, 0.1) is 5.02 Å². The Hall–Kier alpha value is -1.50. The average Bonchev–Trinajstić information content (AvgIpc) is 2.96. The second-order valence-electron chi connectivity index (χ2n) is 4.62. The maximum atomic E-state index is 6.05. The molecule has 0 saturated carbocycles. The van der Waals surface area contributed by atoms with E-state index < -0.39 is 0 Å². The molecule has 0 amide bonds. The van der Waals surface area contributed by atoms with E-state index in [1.165, 1.54) is 0 Å². The van der Waals surface area contributed by atoms with E-state index in [1.54, 1.807) is 6.07 Å². The molecule has 0 fully saturated rings. The van der Waals surface area contributed by atoms with Crippen molar-refractivity contribution in [2.45, 2.75) is 6.54 Å². The quantitative estimate of drug-likeness (QED) is 0.753. The molecule has 0 spiro atoms. The molecule has 3 rings (SSSR count). The number of anilines is 1. The zero-order valence-electron chi connectivity index (χ0n) is 11.4. The number of halogens is 2. The third-order valence-electron chi connectivity index (χ3n) is 3.07. The molecule has 0 saturated heterocycles. The van der Waals surface area contributed by atoms with Gasteiger partial charge in [-0.1, -0.05) is 17.7 Å². The predicted molar refractivity (Wildman–Crippen MR) is 94.8 cm³/mol. The first kappa shape index (κ1) is 15.4. The Morgan fingerprint density at radius 2 is 2.00 bits per heavy atom. The van der Waals surface area contributed by atoms with Crippen LogP contribution in [0.5, 0.6) is 11.5 Å². The fraction of sp³-hybridized carbons (Fsp3) is 0.133. The number of benzene rings is 2. The van der Waals surface area contributed by atoms with Gasteiger partial charge in [-0.25, -0.2) is 0 Å². The van der Waals surface area contributed by atoms with Crippen LogP contribution in [0.25, 0.3) is 0 Å².